The zero-order valence-corrected chi connectivity index (χ0v) is 7.24. The number of hydrogen-bond donors (Lipinski definition) is 2. The second-order valence-corrected chi connectivity index (χ2v) is 1.57. The predicted octanol–water partition coefficient (Wildman–Crippen LogP) is 2.95. The first kappa shape index (κ1) is 12.7. The molecule has 2 nitrogen and oxygen atoms in total. The van der Waals surface area contributed by atoms with Crippen molar-refractivity contribution in [1.82, 2.24) is 0 Å². The van der Waals surface area contributed by atoms with Crippen LogP contribution >= 0.6 is 0 Å². The maximum Gasteiger partial charge on any atom is 0.205 e. The van der Waals surface area contributed by atoms with E-state index in [0.29, 0.717) is 12.0 Å². The van der Waals surface area contributed by atoms with Crippen LogP contribution in [-0.2, 0) is 0 Å². The van der Waals surface area contributed by atoms with Gasteiger partial charge in [-0.15, -0.1) is 0 Å². The van der Waals surface area contributed by atoms with Gasteiger partial charge in [-0.25, -0.2) is 0 Å². The Bertz CT molecular complexity index is 150. The van der Waals surface area contributed by atoms with Crippen LogP contribution in [0.5, 0.6) is 0 Å². The number of halogens is 1. The minimum absolute atomic E-state index is 0.530. The van der Waals surface area contributed by atoms with Gasteiger partial charge >= 0.3 is 0 Å². The fraction of sp³-hybridized carbons (Fsp3) is 0.500. The van der Waals surface area contributed by atoms with E-state index in [9.17, 15) is 4.39 Å². The summed E-state index contributed by atoms with van der Waals surface area (Å²) in [4.78, 5) is 0. The van der Waals surface area contributed by atoms with Gasteiger partial charge in [-0.1, -0.05) is 20.8 Å². The van der Waals surface area contributed by atoms with Crippen LogP contribution in [0.1, 0.15) is 27.2 Å². The van der Waals surface area contributed by atoms with Crippen LogP contribution in [0.3, 0.4) is 0 Å². The Morgan fingerprint density at radius 1 is 1.45 bits per heavy atom. The van der Waals surface area contributed by atoms with Crippen LogP contribution in [0, 0.1) is 10.8 Å². The molecule has 2 N–H and O–H groups in total. The van der Waals surface area contributed by atoms with Crippen molar-refractivity contribution in [3.8, 4) is 0 Å². The van der Waals surface area contributed by atoms with Crippen LogP contribution in [-0.4, -0.2) is 12.2 Å². The minimum Gasteiger partial charge on any atom is -0.308 e. The van der Waals surface area contributed by atoms with Crippen molar-refractivity contribution in [2.75, 3.05) is 0 Å². The fourth-order valence-electron chi connectivity index (χ4n) is 0.409. The molecule has 0 aromatic carbocycles. The van der Waals surface area contributed by atoms with E-state index in [1.807, 2.05) is 13.8 Å². The van der Waals surface area contributed by atoms with Crippen LogP contribution in [0.15, 0.2) is 11.6 Å². The second kappa shape index (κ2) is 9.01. The average molecular weight is 158 g/mol. The highest BCUT2D eigenvalue weighted by Gasteiger charge is 1.89. The van der Waals surface area contributed by atoms with Crippen LogP contribution in [0.2, 0.25) is 0 Å². The zero-order chi connectivity index (χ0) is 9.28. The van der Waals surface area contributed by atoms with Gasteiger partial charge in [0.25, 0.3) is 0 Å². The molecule has 3 heteroatoms. The van der Waals surface area contributed by atoms with Gasteiger partial charge < -0.3 is 5.41 Å². The van der Waals surface area contributed by atoms with Gasteiger partial charge in [0.05, 0.1) is 0 Å². The van der Waals surface area contributed by atoms with Crippen molar-refractivity contribution >= 4 is 12.2 Å². The van der Waals surface area contributed by atoms with Crippen molar-refractivity contribution < 1.29 is 4.39 Å². The normalized spacial score (nSPS) is 9.64. The minimum atomic E-state index is -0.990. The number of nitrogens with one attached hydrogen (secondary N) is 2. The summed E-state index contributed by atoms with van der Waals surface area (Å²) in [6.45, 7) is 5.81. The van der Waals surface area contributed by atoms with Gasteiger partial charge in [0, 0.05) is 6.21 Å². The highest BCUT2D eigenvalue weighted by molar-refractivity contribution is 5.91. The van der Waals surface area contributed by atoms with Crippen molar-refractivity contribution in [2.45, 2.75) is 27.2 Å². The molecule has 0 aromatic heterocycles. The molecule has 11 heavy (non-hydrogen) atoms. The Morgan fingerprint density at radius 2 is 1.91 bits per heavy atom. The summed E-state index contributed by atoms with van der Waals surface area (Å²) in [5.41, 5.74) is 0.530. The van der Waals surface area contributed by atoms with E-state index >= 15 is 0 Å². The molecule has 0 fully saturated rings. The van der Waals surface area contributed by atoms with E-state index in [2.05, 4.69) is 0 Å². The van der Waals surface area contributed by atoms with E-state index in [1.54, 1.807) is 6.92 Å². The molecule has 0 spiro atoms. The summed E-state index contributed by atoms with van der Waals surface area (Å²) < 4.78 is 11.7. The fourth-order valence-corrected chi connectivity index (χ4v) is 0.409. The van der Waals surface area contributed by atoms with Crippen molar-refractivity contribution in [2.24, 2.45) is 0 Å². The van der Waals surface area contributed by atoms with Gasteiger partial charge in [-0.3, -0.25) is 5.41 Å². The number of rotatable bonds is 3. The zero-order valence-electron chi connectivity index (χ0n) is 7.24. The van der Waals surface area contributed by atoms with Crippen LogP contribution in [0.25, 0.3) is 0 Å². The monoisotopic (exact) mass is 158 g/mol. The lowest BCUT2D eigenvalue weighted by atomic mass is 10.2. The lowest BCUT2D eigenvalue weighted by Gasteiger charge is -1.89. The molecule has 0 atom stereocenters. The third-order valence-electron chi connectivity index (χ3n) is 0.906. The molecule has 0 heterocycles. The topological polar surface area (TPSA) is 47.7 Å². The molecular weight excluding hydrogens is 143 g/mol. The summed E-state index contributed by atoms with van der Waals surface area (Å²) in [6, 6.07) is 0. The summed E-state index contributed by atoms with van der Waals surface area (Å²) in [6.07, 6.45) is 2.68. The number of hydrogen-bond acceptors (Lipinski definition) is 2. The van der Waals surface area contributed by atoms with Crippen molar-refractivity contribution in [1.29, 1.82) is 10.8 Å². The van der Waals surface area contributed by atoms with Gasteiger partial charge in [0.15, 0.2) is 0 Å². The summed E-state index contributed by atoms with van der Waals surface area (Å²) in [5.74, 6) is -0.990. The lowest BCUT2D eigenvalue weighted by Crippen LogP contribution is -1.85. The maximum atomic E-state index is 11.7. The molecule has 0 saturated carbocycles. The van der Waals surface area contributed by atoms with Gasteiger partial charge in [0.1, 0.15) is 0 Å². The first-order valence-electron chi connectivity index (χ1n) is 3.65. The standard InChI is InChI=1S/C6H9FN2.C2H6/c1-2-5(4-8)3-6(7)9;1-2/h3-4,8-9H,2H2,1H3;1-2H3/b5-3-,8-4?,9-6?;. The first-order chi connectivity index (χ1) is 5.20. The molecule has 0 saturated heterocycles. The molecule has 0 bridgehead atoms. The summed E-state index contributed by atoms with van der Waals surface area (Å²) in [5, 5.41) is 13.1. The van der Waals surface area contributed by atoms with Crippen molar-refractivity contribution in [3.05, 3.63) is 11.6 Å². The van der Waals surface area contributed by atoms with Gasteiger partial charge in [-0.2, -0.15) is 4.39 Å². The lowest BCUT2D eigenvalue weighted by molar-refractivity contribution is 0.802. The average Bonchev–Trinajstić information content (AvgIpc) is 2.03. The van der Waals surface area contributed by atoms with Crippen LogP contribution < -0.4 is 0 Å². The van der Waals surface area contributed by atoms with E-state index in [-0.39, 0.29) is 0 Å². The quantitative estimate of drug-likeness (QED) is 0.593. The van der Waals surface area contributed by atoms with E-state index in [1.165, 1.54) is 0 Å². The Morgan fingerprint density at radius 3 is 2.00 bits per heavy atom. The Hall–Kier alpha value is -0.990. The molecule has 0 aromatic rings. The molecule has 0 radical (unpaired) electrons. The van der Waals surface area contributed by atoms with Gasteiger partial charge in [-0.05, 0) is 18.1 Å². The highest BCUT2D eigenvalue weighted by Crippen LogP contribution is 1.95. The Balaban J connectivity index is 0. The molecular formula is C8H15FN2. The van der Waals surface area contributed by atoms with Gasteiger partial charge in [0.2, 0.25) is 5.97 Å². The molecule has 0 amide bonds. The third kappa shape index (κ3) is 9.01. The second-order valence-electron chi connectivity index (χ2n) is 1.57. The largest absolute Gasteiger partial charge is 0.308 e. The Labute approximate surface area is 67.1 Å². The van der Waals surface area contributed by atoms with E-state index in [0.717, 1.165) is 12.3 Å². The third-order valence-corrected chi connectivity index (χ3v) is 0.906. The summed E-state index contributed by atoms with van der Waals surface area (Å²) >= 11 is 0. The molecule has 0 unspecified atom stereocenters. The molecule has 0 aliphatic heterocycles. The highest BCUT2D eigenvalue weighted by atomic mass is 19.1. The first-order valence-corrected chi connectivity index (χ1v) is 3.65. The molecule has 64 valence electrons. The molecule has 0 aliphatic carbocycles. The Kier molecular flexibility index (Phi) is 10.4. The molecule has 0 aliphatic rings. The van der Waals surface area contributed by atoms with Crippen molar-refractivity contribution in [3.63, 3.8) is 0 Å². The summed E-state index contributed by atoms with van der Waals surface area (Å²) in [7, 11) is 0. The van der Waals surface area contributed by atoms with E-state index < -0.39 is 5.97 Å². The SMILES string of the molecule is CC.CC/C(C=N)=C/C(=N)F. The van der Waals surface area contributed by atoms with Crippen LogP contribution in [0.4, 0.5) is 4.39 Å². The van der Waals surface area contributed by atoms with E-state index in [4.69, 9.17) is 10.8 Å². The maximum absolute atomic E-state index is 11.7. The smallest absolute Gasteiger partial charge is 0.205 e. The number of allylic oxidation sites excluding steroid dienone is 2. The predicted molar refractivity (Wildman–Crippen MR) is 47.3 cm³/mol. The molecule has 0 rings (SSSR count).